The maximum absolute atomic E-state index is 10.8. The SMILES string of the molecule is O=C(O)[C@H]1CSC(c2cc(Cl)ccc2Cl)N1. The Bertz CT molecular complexity index is 427. The van der Waals surface area contributed by atoms with Gasteiger partial charge in [-0.3, -0.25) is 10.1 Å². The minimum absolute atomic E-state index is 0.104. The van der Waals surface area contributed by atoms with Crippen molar-refractivity contribution in [1.29, 1.82) is 0 Å². The smallest absolute Gasteiger partial charge is 0.321 e. The minimum atomic E-state index is -0.840. The maximum Gasteiger partial charge on any atom is 0.321 e. The highest BCUT2D eigenvalue weighted by Crippen LogP contribution is 2.37. The number of carboxylic acid groups (broad SMARTS) is 1. The van der Waals surface area contributed by atoms with Gasteiger partial charge in [-0.05, 0) is 23.8 Å². The summed E-state index contributed by atoms with van der Waals surface area (Å²) in [5.41, 5.74) is 0.836. The van der Waals surface area contributed by atoms with E-state index in [1.807, 2.05) is 0 Å². The predicted octanol–water partition coefficient (Wildman–Crippen LogP) is 2.78. The second kappa shape index (κ2) is 4.84. The Labute approximate surface area is 107 Å². The average molecular weight is 278 g/mol. The van der Waals surface area contributed by atoms with Crippen LogP contribution in [0, 0.1) is 0 Å². The summed E-state index contributed by atoms with van der Waals surface area (Å²) in [7, 11) is 0. The molecule has 0 saturated carbocycles. The number of benzene rings is 1. The van der Waals surface area contributed by atoms with Crippen molar-refractivity contribution in [1.82, 2.24) is 5.32 Å². The van der Waals surface area contributed by atoms with E-state index >= 15 is 0 Å². The van der Waals surface area contributed by atoms with Crippen LogP contribution in [0.5, 0.6) is 0 Å². The van der Waals surface area contributed by atoms with Gasteiger partial charge in [0.05, 0.1) is 5.37 Å². The van der Waals surface area contributed by atoms with Gasteiger partial charge in [0, 0.05) is 15.8 Å². The van der Waals surface area contributed by atoms with E-state index in [4.69, 9.17) is 28.3 Å². The number of nitrogens with one attached hydrogen (secondary N) is 1. The van der Waals surface area contributed by atoms with Crippen LogP contribution in [-0.2, 0) is 4.79 Å². The van der Waals surface area contributed by atoms with Gasteiger partial charge in [0.2, 0.25) is 0 Å². The Balaban J connectivity index is 2.20. The monoisotopic (exact) mass is 277 g/mol. The molecule has 0 aromatic heterocycles. The number of hydrogen-bond acceptors (Lipinski definition) is 3. The number of rotatable bonds is 2. The quantitative estimate of drug-likeness (QED) is 0.873. The normalized spacial score (nSPS) is 24.6. The summed E-state index contributed by atoms with van der Waals surface area (Å²) < 4.78 is 0. The highest BCUT2D eigenvalue weighted by atomic mass is 35.5. The summed E-state index contributed by atoms with van der Waals surface area (Å²) in [4.78, 5) is 10.8. The fourth-order valence-corrected chi connectivity index (χ4v) is 3.24. The number of carboxylic acids is 1. The topological polar surface area (TPSA) is 49.3 Å². The molecule has 1 aliphatic rings. The van der Waals surface area contributed by atoms with Crippen molar-refractivity contribution in [3.63, 3.8) is 0 Å². The van der Waals surface area contributed by atoms with Crippen molar-refractivity contribution in [2.24, 2.45) is 0 Å². The third-order valence-electron chi connectivity index (χ3n) is 2.32. The number of carbonyl (C=O) groups is 1. The van der Waals surface area contributed by atoms with Crippen LogP contribution in [0.1, 0.15) is 10.9 Å². The van der Waals surface area contributed by atoms with E-state index in [0.717, 1.165) is 5.56 Å². The third-order valence-corrected chi connectivity index (χ3v) is 4.15. The molecule has 2 N–H and O–H groups in total. The molecule has 3 nitrogen and oxygen atoms in total. The second-order valence-electron chi connectivity index (χ2n) is 3.44. The van der Waals surface area contributed by atoms with Crippen LogP contribution in [0.4, 0.5) is 0 Å². The zero-order valence-electron chi connectivity index (χ0n) is 8.11. The molecule has 1 aromatic carbocycles. The number of thioether (sulfide) groups is 1. The van der Waals surface area contributed by atoms with Crippen molar-refractivity contribution in [3.05, 3.63) is 33.8 Å². The molecule has 1 fully saturated rings. The standard InChI is InChI=1S/C10H9Cl2NO2S/c11-5-1-2-7(12)6(3-5)9-13-8(4-16-9)10(14)15/h1-3,8-9,13H,4H2,(H,14,15)/t8-,9?/m1/s1. The van der Waals surface area contributed by atoms with E-state index in [-0.39, 0.29) is 5.37 Å². The largest absolute Gasteiger partial charge is 0.480 e. The Morgan fingerprint density at radius 2 is 2.25 bits per heavy atom. The molecule has 1 saturated heterocycles. The van der Waals surface area contributed by atoms with Gasteiger partial charge < -0.3 is 5.11 Å². The summed E-state index contributed by atoms with van der Waals surface area (Å²) in [5, 5.41) is 13.0. The Morgan fingerprint density at radius 1 is 1.50 bits per heavy atom. The Morgan fingerprint density at radius 3 is 2.88 bits per heavy atom. The highest BCUT2D eigenvalue weighted by molar-refractivity contribution is 7.99. The lowest BCUT2D eigenvalue weighted by Crippen LogP contribution is -2.33. The fraction of sp³-hybridized carbons (Fsp3) is 0.300. The molecule has 0 bridgehead atoms. The Hall–Kier alpha value is -0.420. The summed E-state index contributed by atoms with van der Waals surface area (Å²) >= 11 is 13.4. The van der Waals surface area contributed by atoms with E-state index in [1.54, 1.807) is 18.2 Å². The van der Waals surface area contributed by atoms with E-state index in [9.17, 15) is 4.79 Å². The first-order valence-corrected chi connectivity index (χ1v) is 6.44. The molecule has 86 valence electrons. The van der Waals surface area contributed by atoms with Crippen LogP contribution >= 0.6 is 35.0 Å². The molecule has 2 rings (SSSR count). The lowest BCUT2D eigenvalue weighted by Gasteiger charge is -2.13. The second-order valence-corrected chi connectivity index (χ2v) is 5.42. The number of hydrogen-bond donors (Lipinski definition) is 2. The lowest BCUT2D eigenvalue weighted by atomic mass is 10.2. The molecule has 0 aliphatic carbocycles. The first kappa shape index (κ1) is 12.0. The van der Waals surface area contributed by atoms with Crippen molar-refractivity contribution in [2.45, 2.75) is 11.4 Å². The van der Waals surface area contributed by atoms with Gasteiger partial charge in [-0.2, -0.15) is 0 Å². The molecule has 2 atom stereocenters. The molecule has 0 radical (unpaired) electrons. The van der Waals surface area contributed by atoms with Gasteiger partial charge in [0.15, 0.2) is 0 Å². The van der Waals surface area contributed by atoms with Crippen LogP contribution in [0.3, 0.4) is 0 Å². The summed E-state index contributed by atoms with van der Waals surface area (Å²) in [6.07, 6.45) is 0. The van der Waals surface area contributed by atoms with E-state index in [1.165, 1.54) is 11.8 Å². The van der Waals surface area contributed by atoms with Crippen LogP contribution < -0.4 is 5.32 Å². The number of aliphatic carboxylic acids is 1. The molecule has 16 heavy (non-hydrogen) atoms. The van der Waals surface area contributed by atoms with Gasteiger partial charge >= 0.3 is 5.97 Å². The molecular formula is C10H9Cl2NO2S. The maximum atomic E-state index is 10.8. The summed E-state index contributed by atoms with van der Waals surface area (Å²) in [6.45, 7) is 0. The third kappa shape index (κ3) is 2.46. The van der Waals surface area contributed by atoms with Gasteiger partial charge in [0.25, 0.3) is 0 Å². The Kier molecular flexibility index (Phi) is 3.64. The zero-order chi connectivity index (χ0) is 11.7. The van der Waals surface area contributed by atoms with Gasteiger partial charge in [-0.25, -0.2) is 0 Å². The van der Waals surface area contributed by atoms with Gasteiger partial charge in [0.1, 0.15) is 6.04 Å². The summed E-state index contributed by atoms with van der Waals surface area (Å²) in [5.74, 6) is -0.309. The van der Waals surface area contributed by atoms with Crippen LogP contribution in [0.2, 0.25) is 10.0 Å². The highest BCUT2D eigenvalue weighted by Gasteiger charge is 2.31. The molecule has 0 spiro atoms. The fourth-order valence-electron chi connectivity index (χ4n) is 1.51. The molecule has 6 heteroatoms. The molecular weight excluding hydrogens is 269 g/mol. The number of halogens is 2. The summed E-state index contributed by atoms with van der Waals surface area (Å²) in [6, 6.07) is 4.67. The molecule has 1 aliphatic heterocycles. The first-order valence-electron chi connectivity index (χ1n) is 4.63. The molecule has 0 amide bonds. The van der Waals surface area contributed by atoms with Gasteiger partial charge in [-0.15, -0.1) is 11.8 Å². The van der Waals surface area contributed by atoms with Crippen molar-refractivity contribution in [3.8, 4) is 0 Å². The minimum Gasteiger partial charge on any atom is -0.480 e. The first-order chi connectivity index (χ1) is 7.58. The van der Waals surface area contributed by atoms with Crippen molar-refractivity contribution < 1.29 is 9.90 Å². The average Bonchev–Trinajstić information content (AvgIpc) is 2.70. The van der Waals surface area contributed by atoms with E-state index in [2.05, 4.69) is 5.32 Å². The van der Waals surface area contributed by atoms with Gasteiger partial charge in [-0.1, -0.05) is 23.2 Å². The van der Waals surface area contributed by atoms with Crippen LogP contribution in [0.25, 0.3) is 0 Å². The van der Waals surface area contributed by atoms with E-state index < -0.39 is 12.0 Å². The van der Waals surface area contributed by atoms with Crippen molar-refractivity contribution in [2.75, 3.05) is 5.75 Å². The molecule has 1 heterocycles. The van der Waals surface area contributed by atoms with Crippen LogP contribution in [-0.4, -0.2) is 22.9 Å². The van der Waals surface area contributed by atoms with Crippen LogP contribution in [0.15, 0.2) is 18.2 Å². The predicted molar refractivity (Wildman–Crippen MR) is 66.2 cm³/mol. The molecule has 1 unspecified atom stereocenters. The zero-order valence-corrected chi connectivity index (χ0v) is 10.4. The van der Waals surface area contributed by atoms with E-state index in [0.29, 0.717) is 15.8 Å². The molecule has 1 aromatic rings. The van der Waals surface area contributed by atoms with Crippen molar-refractivity contribution >= 4 is 40.9 Å². The lowest BCUT2D eigenvalue weighted by molar-refractivity contribution is -0.138.